The fourth-order valence-corrected chi connectivity index (χ4v) is 2.32. The first-order valence-electron chi connectivity index (χ1n) is 6.76. The molecule has 0 spiro atoms. The molecule has 0 saturated carbocycles. The maximum atomic E-state index is 13.3. The van der Waals surface area contributed by atoms with Gasteiger partial charge < -0.3 is 0 Å². The first-order chi connectivity index (χ1) is 11.4. The second-order valence-corrected chi connectivity index (χ2v) is 5.09. The molecule has 6 heteroatoms. The maximum Gasteiger partial charge on any atom is 0.194 e. The van der Waals surface area contributed by atoms with Crippen molar-refractivity contribution in [1.29, 1.82) is 0 Å². The van der Waals surface area contributed by atoms with Crippen molar-refractivity contribution in [1.82, 2.24) is 0 Å². The van der Waals surface area contributed by atoms with Crippen LogP contribution in [0.1, 0.15) is 0 Å². The molecular formula is C18H8F6. The largest absolute Gasteiger partial charge is 0.204 e. The van der Waals surface area contributed by atoms with Gasteiger partial charge in [-0.2, -0.15) is 0 Å². The van der Waals surface area contributed by atoms with E-state index in [1.807, 2.05) is 0 Å². The van der Waals surface area contributed by atoms with Crippen LogP contribution in [0.15, 0.2) is 48.5 Å². The summed E-state index contributed by atoms with van der Waals surface area (Å²) in [5.41, 5.74) is 0.707. The van der Waals surface area contributed by atoms with E-state index in [-0.39, 0.29) is 11.1 Å². The second-order valence-electron chi connectivity index (χ2n) is 5.09. The summed E-state index contributed by atoms with van der Waals surface area (Å²) in [4.78, 5) is 0. The van der Waals surface area contributed by atoms with Gasteiger partial charge in [0.25, 0.3) is 0 Å². The molecule has 0 heterocycles. The van der Waals surface area contributed by atoms with Crippen LogP contribution in [0.2, 0.25) is 0 Å². The predicted molar refractivity (Wildman–Crippen MR) is 77.1 cm³/mol. The van der Waals surface area contributed by atoms with Crippen LogP contribution in [-0.2, 0) is 0 Å². The summed E-state index contributed by atoms with van der Waals surface area (Å²) in [7, 11) is 0. The summed E-state index contributed by atoms with van der Waals surface area (Å²) >= 11 is 0. The molecule has 0 aliphatic heterocycles. The third-order valence-electron chi connectivity index (χ3n) is 3.50. The average Bonchev–Trinajstić information content (AvgIpc) is 2.56. The van der Waals surface area contributed by atoms with Crippen molar-refractivity contribution in [3.8, 4) is 22.3 Å². The zero-order valence-electron chi connectivity index (χ0n) is 11.9. The molecule has 0 aliphatic rings. The normalized spacial score (nSPS) is 10.9. The van der Waals surface area contributed by atoms with Crippen LogP contribution in [0.25, 0.3) is 22.3 Å². The van der Waals surface area contributed by atoms with Gasteiger partial charge in [-0.15, -0.1) is 0 Å². The van der Waals surface area contributed by atoms with Crippen molar-refractivity contribution < 1.29 is 26.3 Å². The molecule has 0 amide bonds. The molecule has 0 aromatic heterocycles. The molecule has 122 valence electrons. The van der Waals surface area contributed by atoms with Crippen LogP contribution >= 0.6 is 0 Å². The monoisotopic (exact) mass is 338 g/mol. The van der Waals surface area contributed by atoms with Crippen LogP contribution in [0.5, 0.6) is 0 Å². The summed E-state index contributed by atoms with van der Waals surface area (Å²) in [6, 6.07) is 9.11. The molecule has 0 saturated heterocycles. The van der Waals surface area contributed by atoms with E-state index in [2.05, 4.69) is 0 Å². The second kappa shape index (κ2) is 6.03. The minimum atomic E-state index is -1.59. The summed E-state index contributed by atoms with van der Waals surface area (Å²) in [5, 5.41) is 0. The zero-order valence-corrected chi connectivity index (χ0v) is 11.9. The fourth-order valence-electron chi connectivity index (χ4n) is 2.32. The Hall–Kier alpha value is -2.76. The smallest absolute Gasteiger partial charge is 0.194 e. The van der Waals surface area contributed by atoms with Crippen molar-refractivity contribution >= 4 is 0 Å². The predicted octanol–water partition coefficient (Wildman–Crippen LogP) is 5.86. The van der Waals surface area contributed by atoms with Gasteiger partial charge in [0, 0.05) is 0 Å². The molecule has 0 radical (unpaired) electrons. The third-order valence-corrected chi connectivity index (χ3v) is 3.50. The molecule has 0 N–H and O–H groups in total. The Morgan fingerprint density at radius 3 is 1.08 bits per heavy atom. The molecule has 0 aliphatic carbocycles. The van der Waals surface area contributed by atoms with Crippen molar-refractivity contribution in [3.05, 3.63) is 83.4 Å². The topological polar surface area (TPSA) is 0 Å². The lowest BCUT2D eigenvalue weighted by Crippen LogP contribution is -1.93. The van der Waals surface area contributed by atoms with Crippen LogP contribution in [0, 0.1) is 34.9 Å². The standard InChI is InChI=1S/C18H8F6/c19-13-5-11(6-14(20)17(13)23)9-2-1-3-10(4-9)12-7-15(21)18(24)16(22)8-12/h1-8H. The molecule has 0 atom stereocenters. The van der Waals surface area contributed by atoms with Gasteiger partial charge in [0.2, 0.25) is 0 Å². The Morgan fingerprint density at radius 1 is 0.417 bits per heavy atom. The highest BCUT2D eigenvalue weighted by Crippen LogP contribution is 2.29. The van der Waals surface area contributed by atoms with Gasteiger partial charge in [-0.25, -0.2) is 26.3 Å². The highest BCUT2D eigenvalue weighted by molar-refractivity contribution is 5.73. The summed E-state index contributed by atoms with van der Waals surface area (Å²) in [6.45, 7) is 0. The van der Waals surface area contributed by atoms with Gasteiger partial charge >= 0.3 is 0 Å². The summed E-state index contributed by atoms with van der Waals surface area (Å²) < 4.78 is 79.4. The van der Waals surface area contributed by atoms with E-state index in [0.717, 1.165) is 24.3 Å². The fraction of sp³-hybridized carbons (Fsp3) is 0. The summed E-state index contributed by atoms with van der Waals surface area (Å²) in [6.07, 6.45) is 0. The number of hydrogen-bond donors (Lipinski definition) is 0. The Morgan fingerprint density at radius 2 is 0.750 bits per heavy atom. The number of rotatable bonds is 2. The quantitative estimate of drug-likeness (QED) is 0.406. The van der Waals surface area contributed by atoms with Crippen molar-refractivity contribution in [2.45, 2.75) is 0 Å². The Balaban J connectivity index is 2.10. The van der Waals surface area contributed by atoms with E-state index in [4.69, 9.17) is 0 Å². The number of halogens is 6. The van der Waals surface area contributed by atoms with Gasteiger partial charge in [0.05, 0.1) is 0 Å². The highest BCUT2D eigenvalue weighted by Gasteiger charge is 2.14. The highest BCUT2D eigenvalue weighted by atomic mass is 19.2. The maximum absolute atomic E-state index is 13.3. The average molecular weight is 338 g/mol. The molecule has 24 heavy (non-hydrogen) atoms. The van der Waals surface area contributed by atoms with Crippen LogP contribution < -0.4 is 0 Å². The van der Waals surface area contributed by atoms with Crippen LogP contribution in [-0.4, -0.2) is 0 Å². The zero-order chi connectivity index (χ0) is 17.4. The van der Waals surface area contributed by atoms with Gasteiger partial charge in [0.1, 0.15) is 0 Å². The minimum absolute atomic E-state index is 0.0521. The lowest BCUT2D eigenvalue weighted by Gasteiger charge is -2.08. The van der Waals surface area contributed by atoms with Crippen molar-refractivity contribution in [2.75, 3.05) is 0 Å². The molecule has 0 nitrogen and oxygen atoms in total. The molecule has 0 unspecified atom stereocenters. The minimum Gasteiger partial charge on any atom is -0.204 e. The molecular weight excluding hydrogens is 330 g/mol. The molecule has 3 rings (SSSR count). The van der Waals surface area contributed by atoms with E-state index >= 15 is 0 Å². The first-order valence-corrected chi connectivity index (χ1v) is 6.76. The van der Waals surface area contributed by atoms with E-state index in [1.165, 1.54) is 24.3 Å². The van der Waals surface area contributed by atoms with Gasteiger partial charge in [-0.1, -0.05) is 18.2 Å². The lowest BCUT2D eigenvalue weighted by atomic mass is 9.98. The van der Waals surface area contributed by atoms with E-state index in [9.17, 15) is 26.3 Å². The van der Waals surface area contributed by atoms with Crippen LogP contribution in [0.4, 0.5) is 26.3 Å². The Bertz CT molecular complexity index is 814. The number of benzene rings is 3. The van der Waals surface area contributed by atoms with Crippen LogP contribution in [0.3, 0.4) is 0 Å². The Labute approximate surface area is 133 Å². The lowest BCUT2D eigenvalue weighted by molar-refractivity contribution is 0.447. The van der Waals surface area contributed by atoms with Crippen molar-refractivity contribution in [3.63, 3.8) is 0 Å². The first kappa shape index (κ1) is 16.1. The molecule has 0 bridgehead atoms. The number of hydrogen-bond acceptors (Lipinski definition) is 0. The molecule has 3 aromatic rings. The van der Waals surface area contributed by atoms with Gasteiger partial charge in [-0.05, 0) is 52.6 Å². The summed E-state index contributed by atoms with van der Waals surface area (Å²) in [5.74, 6) is -8.58. The van der Waals surface area contributed by atoms with Crippen molar-refractivity contribution in [2.24, 2.45) is 0 Å². The van der Waals surface area contributed by atoms with Gasteiger partial charge in [-0.3, -0.25) is 0 Å². The van der Waals surface area contributed by atoms with E-state index in [1.54, 1.807) is 0 Å². The molecule has 3 aromatic carbocycles. The molecule has 0 fully saturated rings. The third kappa shape index (κ3) is 2.87. The van der Waals surface area contributed by atoms with Gasteiger partial charge in [0.15, 0.2) is 34.9 Å². The Kier molecular flexibility index (Phi) is 4.05. The SMILES string of the molecule is Fc1cc(-c2cccc(-c3cc(F)c(F)c(F)c3)c2)cc(F)c1F. The van der Waals surface area contributed by atoms with E-state index < -0.39 is 34.9 Å². The van der Waals surface area contributed by atoms with E-state index in [0.29, 0.717) is 11.1 Å².